The van der Waals surface area contributed by atoms with Gasteiger partial charge in [-0.3, -0.25) is 0 Å². The van der Waals surface area contributed by atoms with E-state index < -0.39 is 0 Å². The zero-order chi connectivity index (χ0) is 12.5. The summed E-state index contributed by atoms with van der Waals surface area (Å²) in [4.78, 5) is 0. The maximum atomic E-state index is 3.61. The van der Waals surface area contributed by atoms with E-state index in [4.69, 9.17) is 0 Å². The molecule has 0 spiro atoms. The van der Waals surface area contributed by atoms with Crippen molar-refractivity contribution in [2.24, 2.45) is 11.8 Å². The molecule has 0 aliphatic heterocycles. The molecule has 102 valence electrons. The van der Waals surface area contributed by atoms with Gasteiger partial charge in [0.25, 0.3) is 0 Å². The third-order valence-corrected chi connectivity index (χ3v) is 4.53. The van der Waals surface area contributed by atoms with Crippen LogP contribution in [0.3, 0.4) is 0 Å². The topological polar surface area (TPSA) is 12.0 Å². The molecule has 0 bridgehead atoms. The van der Waals surface area contributed by atoms with Crippen molar-refractivity contribution in [1.82, 2.24) is 5.32 Å². The average Bonchev–Trinajstić information content (AvgIpc) is 2.26. The van der Waals surface area contributed by atoms with E-state index in [1.165, 1.54) is 64.2 Å². The SMILES string of the molecule is CCCC(C)CC(NC)C1CCCCCCC1. The summed E-state index contributed by atoms with van der Waals surface area (Å²) in [5.41, 5.74) is 0. The van der Waals surface area contributed by atoms with Crippen molar-refractivity contribution in [3.8, 4) is 0 Å². The van der Waals surface area contributed by atoms with E-state index in [1.54, 1.807) is 0 Å². The number of nitrogens with one attached hydrogen (secondary N) is 1. The summed E-state index contributed by atoms with van der Waals surface area (Å²) in [7, 11) is 2.17. The van der Waals surface area contributed by atoms with Gasteiger partial charge in [0, 0.05) is 6.04 Å². The van der Waals surface area contributed by atoms with Crippen LogP contribution in [0.5, 0.6) is 0 Å². The van der Waals surface area contributed by atoms with E-state index in [0.29, 0.717) is 0 Å². The quantitative estimate of drug-likeness (QED) is 0.704. The maximum absolute atomic E-state index is 3.61. The molecule has 0 radical (unpaired) electrons. The first kappa shape index (κ1) is 15.0. The summed E-state index contributed by atoms with van der Waals surface area (Å²) < 4.78 is 0. The molecular formula is C16H33N. The van der Waals surface area contributed by atoms with Crippen LogP contribution in [0.1, 0.15) is 78.1 Å². The third-order valence-electron chi connectivity index (χ3n) is 4.53. The Morgan fingerprint density at radius 2 is 1.65 bits per heavy atom. The molecule has 2 atom stereocenters. The molecular weight excluding hydrogens is 206 g/mol. The monoisotopic (exact) mass is 239 g/mol. The Morgan fingerprint density at radius 1 is 1.06 bits per heavy atom. The predicted octanol–water partition coefficient (Wildman–Crippen LogP) is 4.76. The zero-order valence-corrected chi connectivity index (χ0v) is 12.3. The lowest BCUT2D eigenvalue weighted by Crippen LogP contribution is -2.35. The van der Waals surface area contributed by atoms with Crippen molar-refractivity contribution in [2.45, 2.75) is 84.1 Å². The summed E-state index contributed by atoms with van der Waals surface area (Å²) in [5, 5.41) is 3.61. The molecule has 1 saturated carbocycles. The van der Waals surface area contributed by atoms with Gasteiger partial charge < -0.3 is 5.32 Å². The number of hydrogen-bond acceptors (Lipinski definition) is 1. The fourth-order valence-electron chi connectivity index (χ4n) is 3.48. The van der Waals surface area contributed by atoms with Gasteiger partial charge in [-0.25, -0.2) is 0 Å². The van der Waals surface area contributed by atoms with E-state index >= 15 is 0 Å². The van der Waals surface area contributed by atoms with Crippen LogP contribution in [-0.2, 0) is 0 Å². The molecule has 0 amide bonds. The molecule has 1 rings (SSSR count). The van der Waals surface area contributed by atoms with Crippen molar-refractivity contribution >= 4 is 0 Å². The lowest BCUT2D eigenvalue weighted by Gasteiger charge is -2.30. The maximum Gasteiger partial charge on any atom is 0.00948 e. The van der Waals surface area contributed by atoms with Gasteiger partial charge in [-0.15, -0.1) is 0 Å². The van der Waals surface area contributed by atoms with Crippen molar-refractivity contribution in [3.05, 3.63) is 0 Å². The van der Waals surface area contributed by atoms with Crippen LogP contribution in [-0.4, -0.2) is 13.1 Å². The van der Waals surface area contributed by atoms with Crippen LogP contribution in [0, 0.1) is 11.8 Å². The lowest BCUT2D eigenvalue weighted by atomic mass is 9.81. The normalized spacial score (nSPS) is 22.8. The van der Waals surface area contributed by atoms with Crippen molar-refractivity contribution in [3.63, 3.8) is 0 Å². The van der Waals surface area contributed by atoms with Gasteiger partial charge in [0.15, 0.2) is 0 Å². The molecule has 1 heteroatoms. The average molecular weight is 239 g/mol. The molecule has 1 aliphatic carbocycles. The minimum atomic E-state index is 0.773. The zero-order valence-electron chi connectivity index (χ0n) is 12.3. The Hall–Kier alpha value is -0.0400. The van der Waals surface area contributed by atoms with Crippen LogP contribution >= 0.6 is 0 Å². The highest BCUT2D eigenvalue weighted by molar-refractivity contribution is 4.78. The molecule has 17 heavy (non-hydrogen) atoms. The van der Waals surface area contributed by atoms with Gasteiger partial charge in [0.2, 0.25) is 0 Å². The van der Waals surface area contributed by atoms with Gasteiger partial charge in [0.05, 0.1) is 0 Å². The van der Waals surface area contributed by atoms with E-state index in [1.807, 2.05) is 0 Å². The summed E-state index contributed by atoms with van der Waals surface area (Å²) in [5.74, 6) is 1.84. The Bertz CT molecular complexity index is 170. The molecule has 0 heterocycles. The highest BCUT2D eigenvalue weighted by Gasteiger charge is 2.22. The summed E-state index contributed by atoms with van der Waals surface area (Å²) in [6.45, 7) is 4.73. The van der Waals surface area contributed by atoms with Crippen molar-refractivity contribution in [1.29, 1.82) is 0 Å². The smallest absolute Gasteiger partial charge is 0.00948 e. The molecule has 1 fully saturated rings. The summed E-state index contributed by atoms with van der Waals surface area (Å²) >= 11 is 0. The van der Waals surface area contributed by atoms with Crippen LogP contribution < -0.4 is 5.32 Å². The fraction of sp³-hybridized carbons (Fsp3) is 1.00. The van der Waals surface area contributed by atoms with E-state index in [9.17, 15) is 0 Å². The van der Waals surface area contributed by atoms with E-state index in [0.717, 1.165) is 17.9 Å². The van der Waals surface area contributed by atoms with Gasteiger partial charge in [0.1, 0.15) is 0 Å². The van der Waals surface area contributed by atoms with Crippen molar-refractivity contribution in [2.75, 3.05) is 7.05 Å². The standard InChI is InChI=1S/C16H33N/c1-4-10-14(2)13-16(17-3)15-11-8-6-5-7-9-12-15/h14-17H,4-13H2,1-3H3. The second-order valence-electron chi connectivity index (χ2n) is 6.13. The van der Waals surface area contributed by atoms with Gasteiger partial charge in [-0.1, -0.05) is 58.8 Å². The minimum absolute atomic E-state index is 0.773. The molecule has 1 nitrogen and oxygen atoms in total. The third kappa shape index (κ3) is 5.90. The number of hydrogen-bond donors (Lipinski definition) is 1. The molecule has 1 N–H and O–H groups in total. The summed E-state index contributed by atoms with van der Waals surface area (Å²) in [6.07, 6.45) is 14.4. The molecule has 0 aromatic carbocycles. The lowest BCUT2D eigenvalue weighted by molar-refractivity contribution is 0.256. The highest BCUT2D eigenvalue weighted by Crippen LogP contribution is 2.28. The second-order valence-corrected chi connectivity index (χ2v) is 6.13. The predicted molar refractivity (Wildman–Crippen MR) is 77.3 cm³/mol. The van der Waals surface area contributed by atoms with Gasteiger partial charge in [-0.05, 0) is 38.1 Å². The van der Waals surface area contributed by atoms with Gasteiger partial charge >= 0.3 is 0 Å². The summed E-state index contributed by atoms with van der Waals surface area (Å²) in [6, 6.07) is 0.773. The Morgan fingerprint density at radius 3 is 2.18 bits per heavy atom. The van der Waals surface area contributed by atoms with Crippen LogP contribution in [0.15, 0.2) is 0 Å². The first-order valence-electron chi connectivity index (χ1n) is 7.95. The number of rotatable bonds is 6. The van der Waals surface area contributed by atoms with Crippen molar-refractivity contribution < 1.29 is 0 Å². The van der Waals surface area contributed by atoms with Crippen LogP contribution in [0.25, 0.3) is 0 Å². The Labute approximate surface area is 109 Å². The Balaban J connectivity index is 2.40. The minimum Gasteiger partial charge on any atom is -0.317 e. The molecule has 0 saturated heterocycles. The van der Waals surface area contributed by atoms with E-state index in [-0.39, 0.29) is 0 Å². The highest BCUT2D eigenvalue weighted by atomic mass is 14.9. The largest absolute Gasteiger partial charge is 0.317 e. The van der Waals surface area contributed by atoms with Crippen LogP contribution in [0.2, 0.25) is 0 Å². The first-order valence-corrected chi connectivity index (χ1v) is 7.95. The Kier molecular flexibility index (Phi) is 7.92. The molecule has 0 aromatic rings. The first-order chi connectivity index (χ1) is 8.27. The fourth-order valence-corrected chi connectivity index (χ4v) is 3.48. The molecule has 2 unspecified atom stereocenters. The van der Waals surface area contributed by atoms with Crippen LogP contribution in [0.4, 0.5) is 0 Å². The second kappa shape index (κ2) is 8.97. The van der Waals surface area contributed by atoms with Gasteiger partial charge in [-0.2, -0.15) is 0 Å². The van der Waals surface area contributed by atoms with E-state index in [2.05, 4.69) is 26.2 Å². The molecule has 1 aliphatic rings. The molecule has 0 aromatic heterocycles.